The molecular weight excluding hydrogens is 500 g/mol. The fourth-order valence-corrected chi connectivity index (χ4v) is 4.90. The predicted molar refractivity (Wildman–Crippen MR) is 95.2 cm³/mol. The van der Waals surface area contributed by atoms with Crippen LogP contribution >= 0.6 is 0 Å². The number of halogens is 3. The number of hydrogen-bond donors (Lipinski definition) is 0. The Morgan fingerprint density at radius 3 is 1.06 bits per heavy atom. The van der Waals surface area contributed by atoms with Crippen LogP contribution in [-0.4, -0.2) is 96.4 Å². The van der Waals surface area contributed by atoms with Gasteiger partial charge in [0.1, 0.15) is 56.6 Å². The van der Waals surface area contributed by atoms with E-state index in [-0.39, 0.29) is 0 Å². The van der Waals surface area contributed by atoms with Crippen LogP contribution in [0.1, 0.15) is 0 Å². The molecule has 0 aromatic rings. The van der Waals surface area contributed by atoms with Crippen molar-refractivity contribution >= 4 is 41.4 Å². The van der Waals surface area contributed by atoms with Crippen molar-refractivity contribution in [3.63, 3.8) is 0 Å². The molecule has 0 N–H and O–H groups in total. The standard InChI is InChI=1S/C12H18BF3O12S3/c14-1-7-10(26-29(17)23-7)4-20-13(21-5-11-8(2-15)24-30(18)27-11)22-6-12-9(3-16)25-31(19)28-12/h7-12H,1-6H2. The topological polar surface area (TPSA) is 134 Å². The molecule has 9 atom stereocenters. The minimum absolute atomic E-state index is 0.397. The molecular formula is C12H18BF3O12S3. The molecule has 0 radical (unpaired) electrons. The summed E-state index contributed by atoms with van der Waals surface area (Å²) in [5.74, 6) is 0. The van der Waals surface area contributed by atoms with Gasteiger partial charge in [-0.1, -0.05) is 0 Å². The third kappa shape index (κ3) is 7.21. The smallest absolute Gasteiger partial charge is 0.383 e. The summed E-state index contributed by atoms with van der Waals surface area (Å²) < 4.78 is 117. The van der Waals surface area contributed by atoms with Crippen LogP contribution in [0.25, 0.3) is 0 Å². The van der Waals surface area contributed by atoms with Crippen LogP contribution in [0.4, 0.5) is 13.2 Å². The predicted octanol–water partition coefficient (Wildman–Crippen LogP) is -0.982. The van der Waals surface area contributed by atoms with Gasteiger partial charge in [0.05, 0.1) is 19.8 Å². The number of alkyl halides is 3. The first-order chi connectivity index (χ1) is 14.9. The number of rotatable bonds is 12. The Morgan fingerprint density at radius 2 is 0.806 bits per heavy atom. The van der Waals surface area contributed by atoms with Crippen molar-refractivity contribution in [3.8, 4) is 0 Å². The molecule has 12 nitrogen and oxygen atoms in total. The lowest BCUT2D eigenvalue weighted by Crippen LogP contribution is -2.41. The Morgan fingerprint density at radius 1 is 0.548 bits per heavy atom. The molecule has 3 aliphatic rings. The van der Waals surface area contributed by atoms with Gasteiger partial charge in [-0.15, -0.1) is 0 Å². The zero-order valence-corrected chi connectivity index (χ0v) is 18.0. The molecule has 19 heteroatoms. The third-order valence-corrected chi connectivity index (χ3v) is 6.53. The first-order valence-electron chi connectivity index (χ1n) is 8.74. The van der Waals surface area contributed by atoms with Crippen molar-refractivity contribution in [3.05, 3.63) is 0 Å². The van der Waals surface area contributed by atoms with Crippen LogP contribution in [0.15, 0.2) is 0 Å². The Labute approximate surface area is 183 Å². The Bertz CT molecular complexity index is 582. The van der Waals surface area contributed by atoms with Crippen molar-refractivity contribution in [1.29, 1.82) is 0 Å². The first kappa shape index (κ1) is 25.6. The lowest BCUT2D eigenvalue weighted by Gasteiger charge is -2.21. The van der Waals surface area contributed by atoms with Gasteiger partial charge in [-0.25, -0.2) is 13.2 Å². The van der Waals surface area contributed by atoms with Gasteiger partial charge in [0, 0.05) is 0 Å². The highest BCUT2D eigenvalue weighted by atomic mass is 32.2. The van der Waals surface area contributed by atoms with E-state index in [1.54, 1.807) is 0 Å². The highest BCUT2D eigenvalue weighted by molar-refractivity contribution is 7.75. The Hall–Kier alpha value is -0.0551. The molecule has 0 aromatic carbocycles. The van der Waals surface area contributed by atoms with Gasteiger partial charge in [0.2, 0.25) is 0 Å². The molecule has 3 saturated heterocycles. The van der Waals surface area contributed by atoms with Crippen LogP contribution in [-0.2, 0) is 73.1 Å². The van der Waals surface area contributed by atoms with E-state index in [4.69, 9.17) is 39.1 Å². The van der Waals surface area contributed by atoms with Crippen molar-refractivity contribution in [1.82, 2.24) is 0 Å². The zero-order valence-electron chi connectivity index (χ0n) is 15.5. The minimum atomic E-state index is -2.15. The van der Waals surface area contributed by atoms with E-state index in [9.17, 15) is 25.8 Å². The average Bonchev–Trinajstić information content (AvgIpc) is 3.42. The fourth-order valence-electron chi connectivity index (χ4n) is 2.49. The summed E-state index contributed by atoms with van der Waals surface area (Å²) in [5.41, 5.74) is 0. The van der Waals surface area contributed by atoms with Crippen LogP contribution in [0.2, 0.25) is 0 Å². The molecule has 180 valence electrons. The quantitative estimate of drug-likeness (QED) is 0.294. The summed E-state index contributed by atoms with van der Waals surface area (Å²) in [5, 5.41) is 0. The maximum Gasteiger partial charge on any atom is 0.639 e. The van der Waals surface area contributed by atoms with E-state index >= 15 is 0 Å². The summed E-state index contributed by atoms with van der Waals surface area (Å²) in [6.07, 6.45) is -6.65. The average molecular weight is 518 g/mol. The molecule has 31 heavy (non-hydrogen) atoms. The summed E-state index contributed by atoms with van der Waals surface area (Å²) in [6.45, 7) is -4.19. The molecule has 0 aromatic heterocycles. The van der Waals surface area contributed by atoms with E-state index < -0.39 is 118 Å². The highest BCUT2D eigenvalue weighted by Gasteiger charge is 2.41. The third-order valence-electron chi connectivity index (χ3n) is 4.10. The second-order valence-electron chi connectivity index (χ2n) is 6.17. The van der Waals surface area contributed by atoms with Gasteiger partial charge in [-0.05, 0) is 0 Å². The van der Waals surface area contributed by atoms with Crippen LogP contribution in [0.3, 0.4) is 0 Å². The Kier molecular flexibility index (Phi) is 10.2. The SMILES string of the molecule is O=S1OC(CF)C(COB(OCC2OS(=O)OC2CF)OCC2OS(=O)OC2CF)O1. The highest BCUT2D eigenvalue weighted by Crippen LogP contribution is 2.22. The summed E-state index contributed by atoms with van der Waals surface area (Å²) in [7, 11) is -1.55. The lowest BCUT2D eigenvalue weighted by molar-refractivity contribution is -0.000284. The van der Waals surface area contributed by atoms with E-state index in [1.807, 2.05) is 0 Å². The normalized spacial score (nSPS) is 40.5. The van der Waals surface area contributed by atoms with Gasteiger partial charge in [0.15, 0.2) is 0 Å². The Balaban J connectivity index is 1.55. The summed E-state index contributed by atoms with van der Waals surface area (Å²) in [4.78, 5) is 0. The van der Waals surface area contributed by atoms with Crippen LogP contribution < -0.4 is 0 Å². The summed E-state index contributed by atoms with van der Waals surface area (Å²) >= 11 is -6.46. The first-order valence-corrected chi connectivity index (χ1v) is 11.7. The largest absolute Gasteiger partial charge is 0.639 e. The van der Waals surface area contributed by atoms with Gasteiger partial charge in [0.25, 0.3) is 0 Å². The van der Waals surface area contributed by atoms with Crippen molar-refractivity contribution in [2.75, 3.05) is 39.8 Å². The van der Waals surface area contributed by atoms with E-state index in [1.165, 1.54) is 0 Å². The van der Waals surface area contributed by atoms with Gasteiger partial charge in [-0.3, -0.25) is 25.1 Å². The zero-order chi connectivity index (χ0) is 22.4. The summed E-state index contributed by atoms with van der Waals surface area (Å²) in [6, 6.07) is 0. The van der Waals surface area contributed by atoms with Crippen molar-refractivity contribution in [2.24, 2.45) is 0 Å². The molecule has 0 amide bonds. The monoisotopic (exact) mass is 518 g/mol. The van der Waals surface area contributed by atoms with E-state index in [0.29, 0.717) is 0 Å². The molecule has 3 aliphatic heterocycles. The van der Waals surface area contributed by atoms with E-state index in [0.717, 1.165) is 0 Å². The minimum Gasteiger partial charge on any atom is -0.383 e. The van der Waals surface area contributed by atoms with Gasteiger partial charge in [-0.2, -0.15) is 12.6 Å². The van der Waals surface area contributed by atoms with Gasteiger partial charge >= 0.3 is 41.4 Å². The molecule has 3 heterocycles. The molecule has 0 spiro atoms. The van der Waals surface area contributed by atoms with Crippen molar-refractivity contribution < 1.29 is 64.9 Å². The van der Waals surface area contributed by atoms with Gasteiger partial charge < -0.3 is 14.0 Å². The van der Waals surface area contributed by atoms with Crippen molar-refractivity contribution in [2.45, 2.75) is 36.6 Å². The van der Waals surface area contributed by atoms with E-state index in [2.05, 4.69) is 0 Å². The maximum atomic E-state index is 12.9. The number of hydrogen-bond acceptors (Lipinski definition) is 12. The fraction of sp³-hybridized carbons (Fsp3) is 1.00. The second-order valence-corrected chi connectivity index (χ2v) is 8.55. The molecule has 0 aliphatic carbocycles. The molecule has 3 rings (SSSR count). The van der Waals surface area contributed by atoms with Crippen LogP contribution in [0, 0.1) is 0 Å². The lowest BCUT2D eigenvalue weighted by atomic mass is 10.1. The maximum absolute atomic E-state index is 12.9. The van der Waals surface area contributed by atoms with Crippen LogP contribution in [0.5, 0.6) is 0 Å². The molecule has 0 saturated carbocycles. The molecule has 9 unspecified atom stereocenters. The molecule has 0 bridgehead atoms. The second kappa shape index (κ2) is 12.4. The molecule has 3 fully saturated rings.